The number of carbonyl (C=O) groups excluding carboxylic acids is 1. The predicted molar refractivity (Wildman–Crippen MR) is 178 cm³/mol. The van der Waals surface area contributed by atoms with Gasteiger partial charge < -0.3 is 23.5 Å². The number of alkyl halides is 3. The number of pyridine rings is 1. The van der Waals surface area contributed by atoms with Gasteiger partial charge in [0, 0.05) is 44.8 Å². The zero-order valence-electron chi connectivity index (χ0n) is 28.4. The van der Waals surface area contributed by atoms with Gasteiger partial charge in [0.15, 0.2) is 5.69 Å². The lowest BCUT2D eigenvalue weighted by atomic mass is 9.73. The smallest absolute Gasteiger partial charge is 0.435 e. The van der Waals surface area contributed by atoms with E-state index in [1.54, 1.807) is 25.4 Å². The van der Waals surface area contributed by atoms with Crippen LogP contribution in [0.1, 0.15) is 56.8 Å². The summed E-state index contributed by atoms with van der Waals surface area (Å²) in [5, 5.41) is 0. The number of carbonyl (C=O) groups is 1. The van der Waals surface area contributed by atoms with Gasteiger partial charge in [-0.05, 0) is 81.5 Å². The Morgan fingerprint density at radius 1 is 1.04 bits per heavy atom. The Morgan fingerprint density at radius 2 is 1.72 bits per heavy atom. The first-order chi connectivity index (χ1) is 22.3. The quantitative estimate of drug-likeness (QED) is 0.0907. The van der Waals surface area contributed by atoms with Gasteiger partial charge in [0.05, 0.1) is 30.4 Å². The molecule has 12 heteroatoms. The summed E-state index contributed by atoms with van der Waals surface area (Å²) in [6, 6.07) is 12.0. The van der Waals surface area contributed by atoms with Crippen LogP contribution in [-0.4, -0.2) is 61.6 Å². The number of ether oxygens (including phenoxy) is 4. The number of nitrogens with zero attached hydrogens (tertiary/aromatic N) is 3. The van der Waals surface area contributed by atoms with E-state index in [0.29, 0.717) is 62.5 Å². The van der Waals surface area contributed by atoms with Crippen molar-refractivity contribution in [1.82, 2.24) is 14.5 Å². The molecule has 3 aromatic rings. The lowest BCUT2D eigenvalue weighted by Gasteiger charge is -2.37. The van der Waals surface area contributed by atoms with Crippen molar-refractivity contribution in [3.63, 3.8) is 0 Å². The highest BCUT2D eigenvalue weighted by Crippen LogP contribution is 2.40. The van der Waals surface area contributed by atoms with Crippen molar-refractivity contribution in [1.29, 1.82) is 0 Å². The molecule has 2 heterocycles. The molecule has 1 aliphatic carbocycles. The van der Waals surface area contributed by atoms with Gasteiger partial charge in [0.25, 0.3) is 0 Å². The molecule has 1 fully saturated rings. The molecule has 0 unspecified atom stereocenters. The Morgan fingerprint density at radius 3 is 2.30 bits per heavy atom. The molecular weight excluding hydrogens is 627 g/mol. The molecule has 0 spiro atoms. The van der Waals surface area contributed by atoms with Crippen molar-refractivity contribution in [2.24, 2.45) is 5.41 Å². The van der Waals surface area contributed by atoms with Crippen molar-refractivity contribution in [3.05, 3.63) is 54.0 Å². The molecular formula is C35H48F3N3O5Si. The number of benzene rings is 1. The van der Waals surface area contributed by atoms with Gasteiger partial charge in [-0.2, -0.15) is 13.2 Å². The topological polar surface area (TPSA) is 84.7 Å². The summed E-state index contributed by atoms with van der Waals surface area (Å²) in [4.78, 5) is 21.4. The minimum absolute atomic E-state index is 0.00873. The van der Waals surface area contributed by atoms with E-state index in [1.165, 1.54) is 11.5 Å². The Bertz CT molecular complexity index is 1450. The molecule has 0 N–H and O–H groups in total. The Labute approximate surface area is 277 Å². The fourth-order valence-electron chi connectivity index (χ4n) is 5.72. The maximum atomic E-state index is 13.8. The monoisotopic (exact) mass is 675 g/mol. The minimum atomic E-state index is -4.58. The fraction of sp³-hybridized carbons (Fsp3) is 0.571. The lowest BCUT2D eigenvalue weighted by Crippen LogP contribution is -2.42. The molecule has 47 heavy (non-hydrogen) atoms. The second-order valence-electron chi connectivity index (χ2n) is 13.6. The van der Waals surface area contributed by atoms with Crippen LogP contribution in [0.4, 0.5) is 13.2 Å². The van der Waals surface area contributed by atoms with Crippen LogP contribution in [0.5, 0.6) is 5.75 Å². The van der Waals surface area contributed by atoms with E-state index < -0.39 is 25.4 Å². The van der Waals surface area contributed by atoms with E-state index in [0.717, 1.165) is 24.4 Å². The third kappa shape index (κ3) is 9.67. The number of esters is 1. The van der Waals surface area contributed by atoms with E-state index in [4.69, 9.17) is 18.9 Å². The summed E-state index contributed by atoms with van der Waals surface area (Å²) < 4.78 is 65.8. The third-order valence-corrected chi connectivity index (χ3v) is 10.4. The van der Waals surface area contributed by atoms with Gasteiger partial charge >= 0.3 is 12.1 Å². The Kier molecular flexibility index (Phi) is 12.3. The molecule has 258 valence electrons. The van der Waals surface area contributed by atoms with Crippen LogP contribution in [0.25, 0.3) is 22.6 Å². The van der Waals surface area contributed by atoms with E-state index in [2.05, 4.69) is 36.5 Å². The molecule has 1 saturated carbocycles. The first-order valence-electron chi connectivity index (χ1n) is 16.4. The van der Waals surface area contributed by atoms with Crippen molar-refractivity contribution in [2.45, 2.75) is 97.1 Å². The van der Waals surface area contributed by atoms with Crippen LogP contribution in [0, 0.1) is 12.3 Å². The van der Waals surface area contributed by atoms with Crippen molar-refractivity contribution < 1.29 is 36.9 Å². The molecule has 0 atom stereocenters. The molecule has 8 nitrogen and oxygen atoms in total. The number of halogens is 3. The molecule has 4 rings (SSSR count). The number of hydrogen-bond acceptors (Lipinski definition) is 7. The molecule has 0 saturated heterocycles. The number of unbranched alkanes of at least 4 members (excludes halogenated alkanes) is 1. The van der Waals surface area contributed by atoms with Crippen LogP contribution >= 0.6 is 0 Å². The predicted octanol–water partition coefficient (Wildman–Crippen LogP) is 8.55. The van der Waals surface area contributed by atoms with E-state index >= 15 is 0 Å². The molecule has 2 aromatic heterocycles. The largest absolute Gasteiger partial charge is 0.490 e. The maximum absolute atomic E-state index is 13.8. The molecule has 1 aromatic carbocycles. The number of methoxy groups -OCH3 is 1. The zero-order valence-corrected chi connectivity index (χ0v) is 29.4. The summed E-state index contributed by atoms with van der Waals surface area (Å²) in [7, 11) is 0.261. The van der Waals surface area contributed by atoms with Crippen molar-refractivity contribution in [3.8, 4) is 28.4 Å². The van der Waals surface area contributed by atoms with Gasteiger partial charge in [-0.25, -0.2) is 4.98 Å². The molecule has 1 aliphatic rings. The van der Waals surface area contributed by atoms with Gasteiger partial charge in [-0.3, -0.25) is 9.78 Å². The van der Waals surface area contributed by atoms with Gasteiger partial charge in [-0.1, -0.05) is 33.0 Å². The van der Waals surface area contributed by atoms with Gasteiger partial charge in [-0.15, -0.1) is 0 Å². The number of aromatic nitrogens is 3. The first kappa shape index (κ1) is 36.6. The molecule has 0 amide bonds. The standard InChI is InChI=1S/C35H48F3N3O5Si/c1-7-8-19-45-33(42)34(23-43-3)17-15-29(16-18-34)46-28-12-9-26(10-13-28)30-14-11-27(22-39-30)32-40-31(35(36,37)38)25(2)41(32)24-44-20-21-47(4,5)6/h9-14,22,29H,7-8,15-21,23-24H2,1-6H3. The zero-order chi connectivity index (χ0) is 34.2. The summed E-state index contributed by atoms with van der Waals surface area (Å²) in [5.74, 6) is 0.702. The van der Waals surface area contributed by atoms with Crippen molar-refractivity contribution >= 4 is 14.0 Å². The highest BCUT2D eigenvalue weighted by molar-refractivity contribution is 6.76. The van der Waals surface area contributed by atoms with Gasteiger partial charge in [0.2, 0.25) is 0 Å². The summed E-state index contributed by atoms with van der Waals surface area (Å²) >= 11 is 0. The Balaban J connectivity index is 1.41. The second-order valence-corrected chi connectivity index (χ2v) is 19.2. The highest BCUT2D eigenvalue weighted by atomic mass is 28.3. The SMILES string of the molecule is CCCCOC(=O)C1(COC)CCC(Oc2ccc(-c3ccc(-c4nc(C(F)(F)F)c(C)n4COCC[Si](C)(C)C)cn3)cc2)CC1. The first-order valence-corrected chi connectivity index (χ1v) is 20.1. The highest BCUT2D eigenvalue weighted by Gasteiger charge is 2.44. The van der Waals surface area contributed by atoms with Crippen LogP contribution in [-0.2, 0) is 31.9 Å². The lowest BCUT2D eigenvalue weighted by molar-refractivity contribution is -0.163. The summed E-state index contributed by atoms with van der Waals surface area (Å²) in [5.41, 5.74) is 0.434. The minimum Gasteiger partial charge on any atom is -0.490 e. The number of hydrogen-bond donors (Lipinski definition) is 0. The van der Waals surface area contributed by atoms with Gasteiger partial charge in [0.1, 0.15) is 18.3 Å². The van der Waals surface area contributed by atoms with Crippen LogP contribution in [0.3, 0.4) is 0 Å². The van der Waals surface area contributed by atoms with Crippen LogP contribution in [0.2, 0.25) is 25.7 Å². The molecule has 0 aliphatic heterocycles. The Hall–Kier alpha value is -3.22. The fourth-order valence-corrected chi connectivity index (χ4v) is 6.47. The number of rotatable bonds is 15. The molecule has 0 bridgehead atoms. The van der Waals surface area contributed by atoms with Crippen LogP contribution in [0.15, 0.2) is 42.6 Å². The average Bonchev–Trinajstić information content (AvgIpc) is 3.37. The summed E-state index contributed by atoms with van der Waals surface area (Å²) in [6.45, 7) is 11.4. The van der Waals surface area contributed by atoms with Crippen molar-refractivity contribution in [2.75, 3.05) is 26.9 Å². The third-order valence-electron chi connectivity index (χ3n) is 8.66. The van der Waals surface area contributed by atoms with E-state index in [1.807, 2.05) is 24.3 Å². The van der Waals surface area contributed by atoms with Crippen LogP contribution < -0.4 is 4.74 Å². The summed E-state index contributed by atoms with van der Waals surface area (Å²) in [6.07, 6.45) is 1.45. The maximum Gasteiger partial charge on any atom is 0.435 e. The van der Waals surface area contributed by atoms with E-state index in [9.17, 15) is 18.0 Å². The normalized spacial score (nSPS) is 18.7. The number of imidazole rings is 1. The average molecular weight is 676 g/mol. The van der Waals surface area contributed by atoms with E-state index in [-0.39, 0.29) is 30.3 Å². The second kappa shape index (κ2) is 15.8. The molecule has 0 radical (unpaired) electrons.